The fourth-order valence-electron chi connectivity index (χ4n) is 2.07. The molecule has 11 nitrogen and oxygen atoms in total. The van der Waals surface area contributed by atoms with Crippen molar-refractivity contribution in [2.75, 3.05) is 18.7 Å². The van der Waals surface area contributed by atoms with Crippen LogP contribution in [0.25, 0.3) is 6.08 Å². The van der Waals surface area contributed by atoms with Gasteiger partial charge in [0.25, 0.3) is 11.1 Å². The molecule has 0 saturated heterocycles. The molecule has 1 heterocycles. The smallest absolute Gasteiger partial charge is 0.306 e. The Kier molecular flexibility index (Phi) is 7.37. The second-order valence-electron chi connectivity index (χ2n) is 6.30. The van der Waals surface area contributed by atoms with Gasteiger partial charge in [0.05, 0.1) is 18.6 Å². The van der Waals surface area contributed by atoms with E-state index in [9.17, 15) is 26.9 Å². The van der Waals surface area contributed by atoms with E-state index in [2.05, 4.69) is 14.7 Å². The zero-order valence-corrected chi connectivity index (χ0v) is 19.3. The first-order valence-electron chi connectivity index (χ1n) is 8.45. The lowest BCUT2D eigenvalue weighted by molar-refractivity contribution is -0.112. The summed E-state index contributed by atoms with van der Waals surface area (Å²) < 4.78 is 60.4. The molecule has 0 unspecified atom stereocenters. The van der Waals surface area contributed by atoms with Crippen molar-refractivity contribution in [3.8, 4) is 17.6 Å². The highest BCUT2D eigenvalue weighted by Gasteiger charge is 2.25. The predicted molar refractivity (Wildman–Crippen MR) is 113 cm³/mol. The monoisotopic (exact) mass is 486 g/mol. The molecule has 0 bridgehead atoms. The van der Waals surface area contributed by atoms with Gasteiger partial charge in [-0.3, -0.25) is 10.1 Å². The number of ether oxygens (including phenoxy) is 1. The number of anilines is 1. The maximum absolute atomic E-state index is 12.4. The Bertz CT molecular complexity index is 1270. The lowest BCUT2D eigenvalue weighted by Crippen LogP contribution is -2.16. The summed E-state index contributed by atoms with van der Waals surface area (Å²) in [6.45, 7) is 2.96. The van der Waals surface area contributed by atoms with Gasteiger partial charge in [0.2, 0.25) is 15.0 Å². The fraction of sp³-hybridized carbons (Fsp3) is 0.294. The number of nitriles is 1. The number of hydrogen-bond acceptors (Lipinski definition) is 11. The maximum atomic E-state index is 12.4. The van der Waals surface area contributed by atoms with Crippen LogP contribution in [-0.4, -0.2) is 50.7 Å². The summed E-state index contributed by atoms with van der Waals surface area (Å²) in [4.78, 5) is 16.2. The number of amides is 1. The summed E-state index contributed by atoms with van der Waals surface area (Å²) in [7, 11) is -6.18. The molecule has 1 amide bonds. The lowest BCUT2D eigenvalue weighted by atomic mass is 10.1. The van der Waals surface area contributed by atoms with Crippen LogP contribution in [0.15, 0.2) is 28.9 Å². The quantitative estimate of drug-likeness (QED) is 0.329. The molecule has 1 aromatic heterocycles. The van der Waals surface area contributed by atoms with Crippen LogP contribution in [-0.2, 0) is 24.7 Å². The van der Waals surface area contributed by atoms with Gasteiger partial charge >= 0.3 is 10.1 Å². The number of benzene rings is 1. The molecule has 0 radical (unpaired) electrons. The molecule has 166 valence electrons. The van der Waals surface area contributed by atoms with Crippen molar-refractivity contribution in [3.05, 3.63) is 29.3 Å². The van der Waals surface area contributed by atoms with Crippen molar-refractivity contribution in [3.63, 3.8) is 0 Å². The van der Waals surface area contributed by atoms with Crippen molar-refractivity contribution >= 4 is 48.6 Å². The van der Waals surface area contributed by atoms with E-state index >= 15 is 0 Å². The van der Waals surface area contributed by atoms with E-state index in [0.29, 0.717) is 17.1 Å². The average molecular weight is 487 g/mol. The van der Waals surface area contributed by atoms with Gasteiger partial charge in [-0.05, 0) is 37.6 Å². The summed E-state index contributed by atoms with van der Waals surface area (Å²) in [6.07, 6.45) is 2.11. The van der Waals surface area contributed by atoms with Crippen LogP contribution in [0.2, 0.25) is 0 Å². The van der Waals surface area contributed by atoms with Crippen LogP contribution < -0.4 is 14.2 Å². The number of rotatable bonds is 8. The van der Waals surface area contributed by atoms with E-state index in [1.807, 2.05) is 0 Å². The topological polar surface area (TPSA) is 165 Å². The Morgan fingerprint density at radius 3 is 2.48 bits per heavy atom. The van der Waals surface area contributed by atoms with E-state index in [4.69, 9.17) is 8.92 Å². The molecular weight excluding hydrogens is 468 g/mol. The Balaban J connectivity index is 2.27. The molecule has 0 spiro atoms. The molecule has 2 aromatic rings. The Morgan fingerprint density at radius 1 is 1.26 bits per heavy atom. The largest absolute Gasteiger partial charge is 0.493 e. The van der Waals surface area contributed by atoms with E-state index in [-0.39, 0.29) is 22.2 Å². The SMILES string of the molecule is COc1cc(C=C(C#N)C(=O)Nc2nc(S(=O)(=O)C(C)C)ns2)ccc1OS(C)(=O)=O. The molecule has 0 aliphatic rings. The first kappa shape index (κ1) is 24.3. The minimum Gasteiger partial charge on any atom is -0.493 e. The predicted octanol–water partition coefficient (Wildman–Crippen LogP) is 1.61. The van der Waals surface area contributed by atoms with Crippen LogP contribution in [0.1, 0.15) is 19.4 Å². The third-order valence-corrected chi connectivity index (χ3v) is 6.77. The molecule has 0 saturated carbocycles. The molecule has 0 aliphatic heterocycles. The number of nitrogens with zero attached hydrogens (tertiary/aromatic N) is 3. The molecule has 0 atom stereocenters. The third kappa shape index (κ3) is 6.23. The van der Waals surface area contributed by atoms with Crippen LogP contribution in [0.4, 0.5) is 5.13 Å². The van der Waals surface area contributed by atoms with Crippen LogP contribution in [0, 0.1) is 11.3 Å². The zero-order valence-electron chi connectivity index (χ0n) is 16.8. The maximum Gasteiger partial charge on any atom is 0.306 e. The first-order chi connectivity index (χ1) is 14.4. The molecule has 0 aliphatic carbocycles. The number of methoxy groups -OCH3 is 1. The molecule has 14 heteroatoms. The second-order valence-corrected chi connectivity index (χ2v) is 11.0. The summed E-state index contributed by atoms with van der Waals surface area (Å²) >= 11 is 0.667. The highest BCUT2D eigenvalue weighted by atomic mass is 32.2. The third-order valence-electron chi connectivity index (χ3n) is 3.61. The Morgan fingerprint density at radius 2 is 1.94 bits per heavy atom. The number of carbonyl (C=O) groups excluding carboxylic acids is 1. The molecule has 1 N–H and O–H groups in total. The van der Waals surface area contributed by atoms with Crippen LogP contribution >= 0.6 is 11.5 Å². The summed E-state index contributed by atoms with van der Waals surface area (Å²) in [5.74, 6) is -0.815. The minimum atomic E-state index is -3.78. The number of sulfone groups is 1. The molecule has 1 aromatic carbocycles. The van der Waals surface area contributed by atoms with Crippen molar-refractivity contribution in [1.29, 1.82) is 5.26 Å². The van der Waals surface area contributed by atoms with Gasteiger partial charge in [-0.15, -0.1) is 0 Å². The first-order valence-corrected chi connectivity index (χ1v) is 12.6. The van der Waals surface area contributed by atoms with E-state index in [1.54, 1.807) is 6.07 Å². The highest BCUT2D eigenvalue weighted by Crippen LogP contribution is 2.30. The van der Waals surface area contributed by atoms with Crippen LogP contribution in [0.3, 0.4) is 0 Å². The average Bonchev–Trinajstić information content (AvgIpc) is 3.14. The number of aromatic nitrogens is 2. The van der Waals surface area contributed by atoms with Gasteiger partial charge in [-0.1, -0.05) is 6.07 Å². The summed E-state index contributed by atoms with van der Waals surface area (Å²) in [6, 6.07) is 5.85. The minimum absolute atomic E-state index is 0.0575. The number of carbonyl (C=O) groups is 1. The van der Waals surface area contributed by atoms with Gasteiger partial charge in [0.15, 0.2) is 11.5 Å². The van der Waals surface area contributed by atoms with Crippen LogP contribution in [0.5, 0.6) is 11.5 Å². The summed E-state index contributed by atoms with van der Waals surface area (Å²) in [5.41, 5.74) is 0.0343. The second kappa shape index (κ2) is 9.41. The van der Waals surface area contributed by atoms with Crippen molar-refractivity contribution in [1.82, 2.24) is 9.36 Å². The standard InChI is InChI=1S/C17H18N4O7S3/c1-10(2)31(25,26)17-20-16(29-21-17)19-15(22)12(9-18)7-11-5-6-13(14(8-11)27-3)28-30(4,23)24/h5-8,10H,1-4H3,(H,19,20,21,22). The van der Waals surface area contributed by atoms with E-state index in [1.165, 1.54) is 45.2 Å². The van der Waals surface area contributed by atoms with Gasteiger partial charge in [-0.2, -0.15) is 23.0 Å². The molecule has 2 rings (SSSR count). The van der Waals surface area contributed by atoms with E-state index in [0.717, 1.165) is 6.26 Å². The van der Waals surface area contributed by atoms with Crippen molar-refractivity contribution in [2.24, 2.45) is 0 Å². The van der Waals surface area contributed by atoms with E-state index < -0.39 is 36.3 Å². The molecular formula is C17H18N4O7S3. The van der Waals surface area contributed by atoms with Gasteiger partial charge in [-0.25, -0.2) is 8.42 Å². The number of hydrogen-bond donors (Lipinski definition) is 1. The van der Waals surface area contributed by atoms with Gasteiger partial charge in [0, 0.05) is 11.5 Å². The number of nitrogens with one attached hydrogen (secondary N) is 1. The Hall–Kier alpha value is -3.02. The van der Waals surface area contributed by atoms with Gasteiger partial charge in [0.1, 0.15) is 11.6 Å². The summed E-state index contributed by atoms with van der Waals surface area (Å²) in [5, 5.41) is 10.4. The fourth-order valence-corrected chi connectivity index (χ4v) is 4.23. The van der Waals surface area contributed by atoms with Gasteiger partial charge < -0.3 is 8.92 Å². The Labute approximate surface area is 183 Å². The normalized spacial score (nSPS) is 12.3. The lowest BCUT2D eigenvalue weighted by Gasteiger charge is -2.09. The van der Waals surface area contributed by atoms with Crippen molar-refractivity contribution in [2.45, 2.75) is 24.3 Å². The zero-order chi connectivity index (χ0) is 23.4. The molecule has 0 fully saturated rings. The van der Waals surface area contributed by atoms with Crippen molar-refractivity contribution < 1.29 is 30.6 Å². The molecule has 31 heavy (non-hydrogen) atoms. The highest BCUT2D eigenvalue weighted by molar-refractivity contribution is 7.91.